The molecule has 0 aromatic heterocycles. The van der Waals surface area contributed by atoms with E-state index in [2.05, 4.69) is 5.32 Å². The number of carbonyl (C=O) groups excluding carboxylic acids is 1. The number of hydrogen-bond acceptors (Lipinski definition) is 2. The smallest absolute Gasteiger partial charge is 0.218 e. The van der Waals surface area contributed by atoms with Crippen molar-refractivity contribution in [2.45, 2.75) is 51.1 Å². The van der Waals surface area contributed by atoms with Crippen molar-refractivity contribution < 1.29 is 9.18 Å². The standard InChI is InChI=1S/C16H23FN2O/c1-11(10-15(18)20)19-16(12-6-2-3-7-12)13-8-4-5-9-14(13)17/h4-5,8-9,11-12,16,19H,2-3,6-7,10H2,1H3,(H2,18,20)/t11-,16-/m1/s1. The first-order chi connectivity index (χ1) is 9.58. The third-order valence-electron chi connectivity index (χ3n) is 4.08. The summed E-state index contributed by atoms with van der Waals surface area (Å²) in [6, 6.07) is 6.82. The molecule has 2 atom stereocenters. The third-order valence-corrected chi connectivity index (χ3v) is 4.08. The summed E-state index contributed by atoms with van der Waals surface area (Å²) in [5.74, 6) is -0.0749. The van der Waals surface area contributed by atoms with Crippen LogP contribution in [0, 0.1) is 11.7 Å². The van der Waals surface area contributed by atoms with Crippen molar-refractivity contribution in [3.63, 3.8) is 0 Å². The zero-order valence-electron chi connectivity index (χ0n) is 11.9. The fourth-order valence-electron chi connectivity index (χ4n) is 3.17. The Morgan fingerprint density at radius 3 is 2.65 bits per heavy atom. The van der Waals surface area contributed by atoms with E-state index < -0.39 is 0 Å². The van der Waals surface area contributed by atoms with E-state index >= 15 is 0 Å². The molecule has 1 aliphatic rings. The van der Waals surface area contributed by atoms with Crippen molar-refractivity contribution in [1.29, 1.82) is 0 Å². The highest BCUT2D eigenvalue weighted by Gasteiger charge is 2.29. The first kappa shape index (κ1) is 15.0. The van der Waals surface area contributed by atoms with Crippen LogP contribution in [-0.2, 0) is 4.79 Å². The molecule has 2 rings (SSSR count). The SMILES string of the molecule is C[C@H](CC(N)=O)N[C@@H](c1ccccc1F)C1CCCC1. The first-order valence-electron chi connectivity index (χ1n) is 7.36. The van der Waals surface area contributed by atoms with Crippen molar-refractivity contribution >= 4 is 5.91 Å². The summed E-state index contributed by atoms with van der Waals surface area (Å²) in [6.07, 6.45) is 4.88. The topological polar surface area (TPSA) is 55.1 Å². The van der Waals surface area contributed by atoms with E-state index in [4.69, 9.17) is 5.73 Å². The molecule has 0 spiro atoms. The van der Waals surface area contributed by atoms with Gasteiger partial charge in [-0.15, -0.1) is 0 Å². The largest absolute Gasteiger partial charge is 0.370 e. The summed E-state index contributed by atoms with van der Waals surface area (Å²) in [5.41, 5.74) is 5.94. The van der Waals surface area contributed by atoms with Crippen LogP contribution in [0.2, 0.25) is 0 Å². The van der Waals surface area contributed by atoms with E-state index in [0.717, 1.165) is 12.8 Å². The minimum absolute atomic E-state index is 0.0342. The van der Waals surface area contributed by atoms with Gasteiger partial charge >= 0.3 is 0 Å². The molecule has 0 bridgehead atoms. The van der Waals surface area contributed by atoms with E-state index in [0.29, 0.717) is 11.5 Å². The minimum Gasteiger partial charge on any atom is -0.370 e. The molecule has 1 saturated carbocycles. The number of hydrogen-bond donors (Lipinski definition) is 2. The van der Waals surface area contributed by atoms with Gasteiger partial charge in [0, 0.05) is 24.1 Å². The molecule has 1 aromatic rings. The quantitative estimate of drug-likeness (QED) is 0.840. The van der Waals surface area contributed by atoms with Gasteiger partial charge < -0.3 is 11.1 Å². The molecular formula is C16H23FN2O. The van der Waals surface area contributed by atoms with E-state index in [1.165, 1.54) is 18.9 Å². The van der Waals surface area contributed by atoms with Crippen LogP contribution in [-0.4, -0.2) is 11.9 Å². The van der Waals surface area contributed by atoms with Gasteiger partial charge in [-0.05, 0) is 31.7 Å². The van der Waals surface area contributed by atoms with E-state index in [1.807, 2.05) is 19.1 Å². The predicted octanol–water partition coefficient (Wildman–Crippen LogP) is 2.91. The van der Waals surface area contributed by atoms with E-state index in [1.54, 1.807) is 6.07 Å². The summed E-state index contributed by atoms with van der Waals surface area (Å²) in [5, 5.41) is 3.41. The Morgan fingerprint density at radius 1 is 1.40 bits per heavy atom. The van der Waals surface area contributed by atoms with Crippen molar-refractivity contribution in [2.24, 2.45) is 11.7 Å². The van der Waals surface area contributed by atoms with Crippen LogP contribution in [0.5, 0.6) is 0 Å². The number of primary amides is 1. The zero-order valence-corrected chi connectivity index (χ0v) is 11.9. The maximum Gasteiger partial charge on any atom is 0.218 e. The molecule has 110 valence electrons. The minimum atomic E-state index is -0.330. The average molecular weight is 278 g/mol. The Kier molecular flexibility index (Phi) is 5.12. The van der Waals surface area contributed by atoms with Crippen LogP contribution in [0.25, 0.3) is 0 Å². The average Bonchev–Trinajstić information content (AvgIpc) is 2.89. The molecule has 1 aliphatic carbocycles. The van der Waals surface area contributed by atoms with Gasteiger partial charge in [0.05, 0.1) is 0 Å². The number of nitrogens with two attached hydrogens (primary N) is 1. The molecule has 0 unspecified atom stereocenters. The lowest BCUT2D eigenvalue weighted by Crippen LogP contribution is -2.37. The monoisotopic (exact) mass is 278 g/mol. The van der Waals surface area contributed by atoms with Crippen LogP contribution in [0.4, 0.5) is 4.39 Å². The van der Waals surface area contributed by atoms with Gasteiger partial charge in [0.2, 0.25) is 5.91 Å². The summed E-state index contributed by atoms with van der Waals surface area (Å²) in [6.45, 7) is 1.92. The van der Waals surface area contributed by atoms with Crippen LogP contribution in [0.15, 0.2) is 24.3 Å². The van der Waals surface area contributed by atoms with Gasteiger partial charge in [0.1, 0.15) is 5.82 Å². The van der Waals surface area contributed by atoms with Gasteiger partial charge in [-0.25, -0.2) is 4.39 Å². The number of nitrogens with one attached hydrogen (secondary N) is 1. The highest BCUT2D eigenvalue weighted by atomic mass is 19.1. The van der Waals surface area contributed by atoms with Gasteiger partial charge in [0.25, 0.3) is 0 Å². The maximum absolute atomic E-state index is 14.1. The molecule has 0 heterocycles. The Labute approximate surface area is 119 Å². The number of carbonyl (C=O) groups is 1. The normalized spacial score (nSPS) is 18.9. The summed E-state index contributed by atoms with van der Waals surface area (Å²) in [4.78, 5) is 11.0. The fourth-order valence-corrected chi connectivity index (χ4v) is 3.17. The van der Waals surface area contributed by atoms with Crippen molar-refractivity contribution in [3.8, 4) is 0 Å². The molecule has 0 radical (unpaired) electrons. The number of rotatable bonds is 6. The second kappa shape index (κ2) is 6.84. The van der Waals surface area contributed by atoms with Gasteiger partial charge in [-0.2, -0.15) is 0 Å². The van der Waals surface area contributed by atoms with Gasteiger partial charge in [0.15, 0.2) is 0 Å². The second-order valence-corrected chi connectivity index (χ2v) is 5.78. The summed E-state index contributed by atoms with van der Waals surface area (Å²) < 4.78 is 14.1. The van der Waals surface area contributed by atoms with Crippen molar-refractivity contribution in [1.82, 2.24) is 5.32 Å². The lowest BCUT2D eigenvalue weighted by Gasteiger charge is -2.28. The molecular weight excluding hydrogens is 255 g/mol. The molecule has 1 aromatic carbocycles. The van der Waals surface area contributed by atoms with Crippen LogP contribution in [0.1, 0.15) is 50.6 Å². The predicted molar refractivity (Wildman–Crippen MR) is 77.5 cm³/mol. The van der Waals surface area contributed by atoms with Crippen LogP contribution in [0.3, 0.4) is 0 Å². The van der Waals surface area contributed by atoms with Crippen LogP contribution < -0.4 is 11.1 Å². The Morgan fingerprint density at radius 2 is 2.05 bits per heavy atom. The Hall–Kier alpha value is -1.42. The van der Waals surface area contributed by atoms with Crippen molar-refractivity contribution in [3.05, 3.63) is 35.6 Å². The number of amides is 1. The number of halogens is 1. The lowest BCUT2D eigenvalue weighted by atomic mass is 9.90. The van der Waals surface area contributed by atoms with Gasteiger partial charge in [-0.1, -0.05) is 31.0 Å². The molecule has 3 N–H and O–H groups in total. The van der Waals surface area contributed by atoms with E-state index in [9.17, 15) is 9.18 Å². The molecule has 20 heavy (non-hydrogen) atoms. The molecule has 4 heteroatoms. The Balaban J connectivity index is 2.16. The highest BCUT2D eigenvalue weighted by Crippen LogP contribution is 2.36. The zero-order chi connectivity index (χ0) is 14.5. The maximum atomic E-state index is 14.1. The van der Waals surface area contributed by atoms with Crippen LogP contribution >= 0.6 is 0 Å². The highest BCUT2D eigenvalue weighted by molar-refractivity contribution is 5.74. The van der Waals surface area contributed by atoms with Crippen molar-refractivity contribution in [2.75, 3.05) is 0 Å². The lowest BCUT2D eigenvalue weighted by molar-refractivity contribution is -0.118. The molecule has 1 amide bonds. The molecule has 0 saturated heterocycles. The Bertz CT molecular complexity index is 458. The summed E-state index contributed by atoms with van der Waals surface area (Å²) in [7, 11) is 0. The fraction of sp³-hybridized carbons (Fsp3) is 0.562. The summed E-state index contributed by atoms with van der Waals surface area (Å²) >= 11 is 0. The number of benzene rings is 1. The third kappa shape index (κ3) is 3.79. The first-order valence-corrected chi connectivity index (χ1v) is 7.36. The second-order valence-electron chi connectivity index (χ2n) is 5.78. The molecule has 3 nitrogen and oxygen atoms in total. The molecule has 1 fully saturated rings. The van der Waals surface area contributed by atoms with Gasteiger partial charge in [-0.3, -0.25) is 4.79 Å². The van der Waals surface area contributed by atoms with E-state index in [-0.39, 0.29) is 30.2 Å². The molecule has 0 aliphatic heterocycles.